The van der Waals surface area contributed by atoms with Crippen molar-refractivity contribution in [2.75, 3.05) is 32.6 Å². The highest BCUT2D eigenvalue weighted by molar-refractivity contribution is 5.64. The van der Waals surface area contributed by atoms with Crippen molar-refractivity contribution in [3.05, 3.63) is 28.3 Å². The van der Waals surface area contributed by atoms with Gasteiger partial charge in [-0.3, -0.25) is 10.1 Å². The van der Waals surface area contributed by atoms with Crippen molar-refractivity contribution >= 4 is 11.4 Å². The lowest BCUT2D eigenvalue weighted by Gasteiger charge is -2.13. The molecule has 0 radical (unpaired) electrons. The van der Waals surface area contributed by atoms with Gasteiger partial charge in [0.05, 0.1) is 12.0 Å². The Morgan fingerprint density at radius 1 is 1.44 bits per heavy atom. The maximum absolute atomic E-state index is 10.9. The van der Waals surface area contributed by atoms with E-state index >= 15 is 0 Å². The van der Waals surface area contributed by atoms with E-state index in [1.807, 2.05) is 7.05 Å². The molecule has 0 fully saturated rings. The van der Waals surface area contributed by atoms with Crippen LogP contribution in [0.15, 0.2) is 18.2 Å². The third-order valence-electron chi connectivity index (χ3n) is 2.59. The predicted molar refractivity (Wildman–Crippen MR) is 71.2 cm³/mol. The fraction of sp³-hybridized carbons (Fsp3) is 0.500. The van der Waals surface area contributed by atoms with Crippen LogP contribution in [0.5, 0.6) is 5.75 Å². The SMILES string of the molecule is CNCC(C)CNc1cc(OC)ccc1[N+](=O)[O-]. The minimum atomic E-state index is -0.398. The number of nitro benzene ring substituents is 1. The van der Waals surface area contributed by atoms with Crippen molar-refractivity contribution < 1.29 is 9.66 Å². The van der Waals surface area contributed by atoms with Crippen molar-refractivity contribution in [3.63, 3.8) is 0 Å². The Morgan fingerprint density at radius 2 is 2.17 bits per heavy atom. The molecule has 2 N–H and O–H groups in total. The Balaban J connectivity index is 2.80. The molecule has 18 heavy (non-hydrogen) atoms. The predicted octanol–water partition coefficient (Wildman–Crippen LogP) is 1.87. The Labute approximate surface area is 106 Å². The molecular weight excluding hydrogens is 234 g/mol. The van der Waals surface area contributed by atoms with Crippen LogP contribution in [0.3, 0.4) is 0 Å². The molecule has 1 aromatic rings. The maximum Gasteiger partial charge on any atom is 0.292 e. The van der Waals surface area contributed by atoms with Gasteiger partial charge in [0.25, 0.3) is 5.69 Å². The van der Waals surface area contributed by atoms with Gasteiger partial charge in [0.15, 0.2) is 0 Å². The first-order valence-electron chi connectivity index (χ1n) is 5.79. The number of nitro groups is 1. The second kappa shape index (κ2) is 6.80. The molecule has 1 rings (SSSR count). The summed E-state index contributed by atoms with van der Waals surface area (Å²) >= 11 is 0. The highest BCUT2D eigenvalue weighted by atomic mass is 16.6. The molecule has 1 atom stereocenters. The third kappa shape index (κ3) is 3.89. The van der Waals surface area contributed by atoms with Crippen LogP contribution in [0, 0.1) is 16.0 Å². The van der Waals surface area contributed by atoms with E-state index in [0.717, 1.165) is 6.54 Å². The van der Waals surface area contributed by atoms with Gasteiger partial charge in [-0.1, -0.05) is 6.92 Å². The summed E-state index contributed by atoms with van der Waals surface area (Å²) in [6.07, 6.45) is 0. The number of nitrogens with one attached hydrogen (secondary N) is 2. The van der Waals surface area contributed by atoms with Crippen molar-refractivity contribution in [1.82, 2.24) is 5.32 Å². The lowest BCUT2D eigenvalue weighted by molar-refractivity contribution is -0.384. The minimum Gasteiger partial charge on any atom is -0.497 e. The van der Waals surface area contributed by atoms with Crippen molar-refractivity contribution in [2.24, 2.45) is 5.92 Å². The van der Waals surface area contributed by atoms with Crippen LogP contribution in [0.2, 0.25) is 0 Å². The van der Waals surface area contributed by atoms with Gasteiger partial charge in [-0.15, -0.1) is 0 Å². The zero-order chi connectivity index (χ0) is 13.5. The van der Waals surface area contributed by atoms with Gasteiger partial charge < -0.3 is 15.4 Å². The Bertz CT molecular complexity index is 410. The average molecular weight is 253 g/mol. The molecule has 1 aromatic carbocycles. The van der Waals surface area contributed by atoms with Gasteiger partial charge in [0, 0.05) is 18.7 Å². The summed E-state index contributed by atoms with van der Waals surface area (Å²) in [5.41, 5.74) is 0.551. The van der Waals surface area contributed by atoms with E-state index in [0.29, 0.717) is 23.9 Å². The number of anilines is 1. The fourth-order valence-electron chi connectivity index (χ4n) is 1.65. The van der Waals surface area contributed by atoms with Gasteiger partial charge in [-0.25, -0.2) is 0 Å². The van der Waals surface area contributed by atoms with Gasteiger partial charge in [-0.2, -0.15) is 0 Å². The molecule has 6 heteroatoms. The van der Waals surface area contributed by atoms with E-state index in [1.54, 1.807) is 12.1 Å². The Hall–Kier alpha value is -1.82. The van der Waals surface area contributed by atoms with Crippen LogP contribution < -0.4 is 15.4 Å². The maximum atomic E-state index is 10.9. The molecule has 0 saturated carbocycles. The van der Waals surface area contributed by atoms with Crippen LogP contribution in [0.25, 0.3) is 0 Å². The summed E-state index contributed by atoms with van der Waals surface area (Å²) in [4.78, 5) is 10.5. The van der Waals surface area contributed by atoms with Crippen molar-refractivity contribution in [3.8, 4) is 5.75 Å². The highest BCUT2D eigenvalue weighted by Gasteiger charge is 2.14. The Kier molecular flexibility index (Phi) is 5.38. The zero-order valence-electron chi connectivity index (χ0n) is 10.9. The van der Waals surface area contributed by atoms with Gasteiger partial charge in [0.1, 0.15) is 11.4 Å². The minimum absolute atomic E-state index is 0.0625. The third-order valence-corrected chi connectivity index (χ3v) is 2.59. The van der Waals surface area contributed by atoms with Crippen LogP contribution >= 0.6 is 0 Å². The quantitative estimate of drug-likeness (QED) is 0.573. The van der Waals surface area contributed by atoms with Crippen molar-refractivity contribution in [1.29, 1.82) is 0 Å². The average Bonchev–Trinajstić information content (AvgIpc) is 2.36. The molecule has 0 spiro atoms. The first kappa shape index (κ1) is 14.2. The number of rotatable bonds is 7. The molecular formula is C12H19N3O3. The molecule has 0 amide bonds. The molecule has 0 aliphatic heterocycles. The van der Waals surface area contributed by atoms with Gasteiger partial charge >= 0.3 is 0 Å². The van der Waals surface area contributed by atoms with E-state index < -0.39 is 4.92 Å². The summed E-state index contributed by atoms with van der Waals surface area (Å²) < 4.78 is 5.07. The van der Waals surface area contributed by atoms with Crippen molar-refractivity contribution in [2.45, 2.75) is 6.92 Å². The number of methoxy groups -OCH3 is 1. The number of ether oxygens (including phenoxy) is 1. The topological polar surface area (TPSA) is 76.4 Å². The summed E-state index contributed by atoms with van der Waals surface area (Å²) in [6, 6.07) is 4.68. The van der Waals surface area contributed by atoms with E-state index in [-0.39, 0.29) is 5.69 Å². The summed E-state index contributed by atoms with van der Waals surface area (Å²) in [6.45, 7) is 3.58. The lowest BCUT2D eigenvalue weighted by Crippen LogP contribution is -2.23. The number of benzene rings is 1. The number of nitrogens with zero attached hydrogens (tertiary/aromatic N) is 1. The molecule has 0 aromatic heterocycles. The number of hydrogen-bond acceptors (Lipinski definition) is 5. The van der Waals surface area contributed by atoms with Gasteiger partial charge in [0.2, 0.25) is 0 Å². The lowest BCUT2D eigenvalue weighted by atomic mass is 10.1. The zero-order valence-corrected chi connectivity index (χ0v) is 10.9. The van der Waals surface area contributed by atoms with Crippen LogP contribution in [0.4, 0.5) is 11.4 Å². The summed E-state index contributed by atoms with van der Waals surface area (Å²) in [7, 11) is 3.42. The normalized spacial score (nSPS) is 11.9. The van der Waals surface area contributed by atoms with Crippen LogP contribution in [-0.4, -0.2) is 32.2 Å². The fourth-order valence-corrected chi connectivity index (χ4v) is 1.65. The molecule has 100 valence electrons. The van der Waals surface area contributed by atoms with Crippen LogP contribution in [0.1, 0.15) is 6.92 Å². The second-order valence-corrected chi connectivity index (χ2v) is 4.18. The van der Waals surface area contributed by atoms with E-state index in [1.165, 1.54) is 13.2 Å². The first-order chi connectivity index (χ1) is 8.58. The summed E-state index contributed by atoms with van der Waals surface area (Å²) in [5, 5.41) is 17.1. The second-order valence-electron chi connectivity index (χ2n) is 4.18. The molecule has 0 bridgehead atoms. The highest BCUT2D eigenvalue weighted by Crippen LogP contribution is 2.28. The number of hydrogen-bond donors (Lipinski definition) is 2. The molecule has 1 unspecified atom stereocenters. The van der Waals surface area contributed by atoms with E-state index in [9.17, 15) is 10.1 Å². The molecule has 6 nitrogen and oxygen atoms in total. The Morgan fingerprint density at radius 3 is 2.72 bits per heavy atom. The van der Waals surface area contributed by atoms with Crippen LogP contribution in [-0.2, 0) is 0 Å². The molecule has 0 saturated heterocycles. The largest absolute Gasteiger partial charge is 0.497 e. The monoisotopic (exact) mass is 253 g/mol. The molecule has 0 aliphatic carbocycles. The standard InChI is InChI=1S/C12H19N3O3/c1-9(7-13-2)8-14-11-6-10(18-3)4-5-12(11)15(16)17/h4-6,9,13-14H,7-8H2,1-3H3. The van der Waals surface area contributed by atoms with Gasteiger partial charge in [-0.05, 0) is 25.6 Å². The smallest absolute Gasteiger partial charge is 0.292 e. The van der Waals surface area contributed by atoms with E-state index in [4.69, 9.17) is 4.74 Å². The molecule has 0 aliphatic rings. The first-order valence-corrected chi connectivity index (χ1v) is 5.79. The molecule has 0 heterocycles. The summed E-state index contributed by atoms with van der Waals surface area (Å²) in [5.74, 6) is 0.977. The van der Waals surface area contributed by atoms with E-state index in [2.05, 4.69) is 17.6 Å².